The number of amides is 1. The molecule has 0 spiro atoms. The highest BCUT2D eigenvalue weighted by molar-refractivity contribution is 7.80. The molecule has 0 bridgehead atoms. The Bertz CT molecular complexity index is 1300. The minimum absolute atomic E-state index is 0.135. The quantitative estimate of drug-likeness (QED) is 0.279. The number of ether oxygens (including phenoxy) is 2. The van der Waals surface area contributed by atoms with Gasteiger partial charge in [-0.25, -0.2) is 0 Å². The van der Waals surface area contributed by atoms with Crippen LogP contribution in [0, 0.1) is 6.92 Å². The highest BCUT2D eigenvalue weighted by Crippen LogP contribution is 2.37. The molecular formula is C25H19Cl3N2O3S. The fourth-order valence-electron chi connectivity index (χ4n) is 3.52. The van der Waals surface area contributed by atoms with Crippen molar-refractivity contribution in [2.45, 2.75) is 13.5 Å². The van der Waals surface area contributed by atoms with Crippen molar-refractivity contribution in [1.82, 2.24) is 5.32 Å². The van der Waals surface area contributed by atoms with Gasteiger partial charge in [0, 0.05) is 10.6 Å². The first-order chi connectivity index (χ1) is 16.3. The van der Waals surface area contributed by atoms with Crippen LogP contribution < -0.4 is 19.7 Å². The molecule has 4 rings (SSSR count). The van der Waals surface area contributed by atoms with E-state index in [0.717, 1.165) is 16.7 Å². The van der Waals surface area contributed by atoms with E-state index < -0.39 is 0 Å². The van der Waals surface area contributed by atoms with Crippen molar-refractivity contribution in [3.05, 3.63) is 92.1 Å². The third-order valence-electron chi connectivity index (χ3n) is 5.09. The van der Waals surface area contributed by atoms with Crippen LogP contribution in [0.2, 0.25) is 15.1 Å². The number of carbonyl (C=O) groups is 1. The Labute approximate surface area is 217 Å². The van der Waals surface area contributed by atoms with Crippen molar-refractivity contribution in [1.29, 1.82) is 0 Å². The van der Waals surface area contributed by atoms with Crippen LogP contribution in [0.25, 0.3) is 6.08 Å². The van der Waals surface area contributed by atoms with Gasteiger partial charge < -0.3 is 14.8 Å². The molecule has 3 aromatic rings. The summed E-state index contributed by atoms with van der Waals surface area (Å²) in [4.78, 5) is 14.5. The van der Waals surface area contributed by atoms with Gasteiger partial charge in [0.15, 0.2) is 10.9 Å². The van der Waals surface area contributed by atoms with E-state index in [2.05, 4.69) is 5.32 Å². The maximum Gasteiger partial charge on any atom is 0.281 e. The first kappa shape index (κ1) is 24.4. The number of rotatable bonds is 6. The third kappa shape index (κ3) is 5.15. The molecule has 1 amide bonds. The lowest BCUT2D eigenvalue weighted by atomic mass is 10.1. The maximum atomic E-state index is 13.1. The molecule has 0 saturated carbocycles. The number of thiocarbonyl (C=S) groups is 1. The Morgan fingerprint density at radius 3 is 2.47 bits per heavy atom. The van der Waals surface area contributed by atoms with Crippen molar-refractivity contribution in [2.75, 3.05) is 12.0 Å². The van der Waals surface area contributed by atoms with Crippen LogP contribution in [0.3, 0.4) is 0 Å². The van der Waals surface area contributed by atoms with Gasteiger partial charge >= 0.3 is 0 Å². The molecule has 0 aliphatic carbocycles. The Morgan fingerprint density at radius 2 is 1.79 bits per heavy atom. The SMILES string of the molecule is COc1ccc(/C=C2/NC(=S)N(c3cccc(C)c3)C2=O)cc1COc1c(Cl)cc(Cl)cc1Cl. The number of carbonyl (C=O) groups excluding carboxylic acids is 1. The van der Waals surface area contributed by atoms with E-state index >= 15 is 0 Å². The number of aryl methyl sites for hydroxylation is 1. The van der Waals surface area contributed by atoms with E-state index in [4.69, 9.17) is 56.5 Å². The van der Waals surface area contributed by atoms with Crippen LogP contribution in [-0.4, -0.2) is 18.1 Å². The second-order valence-electron chi connectivity index (χ2n) is 7.53. The van der Waals surface area contributed by atoms with E-state index in [1.165, 1.54) is 4.90 Å². The van der Waals surface area contributed by atoms with Gasteiger partial charge in [0.2, 0.25) is 0 Å². The first-order valence-corrected chi connectivity index (χ1v) is 11.7. The fourth-order valence-corrected chi connectivity index (χ4v) is 4.75. The molecular weight excluding hydrogens is 515 g/mol. The molecule has 34 heavy (non-hydrogen) atoms. The number of anilines is 1. The zero-order valence-corrected chi connectivity index (χ0v) is 21.3. The largest absolute Gasteiger partial charge is 0.496 e. The predicted octanol–water partition coefficient (Wildman–Crippen LogP) is 6.81. The summed E-state index contributed by atoms with van der Waals surface area (Å²) in [7, 11) is 1.57. The summed E-state index contributed by atoms with van der Waals surface area (Å²) in [5, 5.41) is 4.36. The summed E-state index contributed by atoms with van der Waals surface area (Å²) in [5.74, 6) is 0.709. The van der Waals surface area contributed by atoms with Crippen LogP contribution >= 0.6 is 47.0 Å². The van der Waals surface area contributed by atoms with Gasteiger partial charge in [-0.3, -0.25) is 9.69 Å². The van der Waals surface area contributed by atoms with Gasteiger partial charge in [0.1, 0.15) is 18.1 Å². The lowest BCUT2D eigenvalue weighted by Crippen LogP contribution is -2.30. The second kappa shape index (κ2) is 10.2. The van der Waals surface area contributed by atoms with E-state index in [9.17, 15) is 4.79 Å². The molecule has 5 nitrogen and oxygen atoms in total. The molecule has 1 N–H and O–H groups in total. The Balaban J connectivity index is 1.59. The summed E-state index contributed by atoms with van der Waals surface area (Å²) >= 11 is 23.8. The van der Waals surface area contributed by atoms with Crippen LogP contribution in [-0.2, 0) is 11.4 Å². The third-order valence-corrected chi connectivity index (χ3v) is 6.15. The van der Waals surface area contributed by atoms with Crippen molar-refractivity contribution in [3.8, 4) is 11.5 Å². The molecule has 3 aromatic carbocycles. The summed E-state index contributed by atoms with van der Waals surface area (Å²) in [6, 6.07) is 16.2. The molecule has 1 fully saturated rings. The van der Waals surface area contributed by atoms with E-state index in [-0.39, 0.29) is 12.5 Å². The minimum atomic E-state index is -0.232. The van der Waals surface area contributed by atoms with E-state index in [0.29, 0.717) is 43.1 Å². The summed E-state index contributed by atoms with van der Waals surface area (Å²) in [6.45, 7) is 2.10. The number of nitrogens with one attached hydrogen (secondary N) is 1. The molecule has 0 radical (unpaired) electrons. The van der Waals surface area contributed by atoms with Crippen molar-refractivity contribution >= 4 is 69.8 Å². The van der Waals surface area contributed by atoms with E-state index in [1.807, 2.05) is 43.3 Å². The number of nitrogens with zero attached hydrogens (tertiary/aromatic N) is 1. The van der Waals surface area contributed by atoms with Crippen LogP contribution in [0.5, 0.6) is 11.5 Å². The number of methoxy groups -OCH3 is 1. The molecule has 1 aliphatic rings. The summed E-state index contributed by atoms with van der Waals surface area (Å²) < 4.78 is 11.3. The molecule has 9 heteroatoms. The number of hydrogen-bond donors (Lipinski definition) is 1. The Kier molecular flexibility index (Phi) is 7.33. The van der Waals surface area contributed by atoms with Crippen molar-refractivity contribution < 1.29 is 14.3 Å². The Hall–Kier alpha value is -2.77. The standard InChI is InChI=1S/C25H19Cl3N2O3S/c1-14-4-3-5-18(8-14)30-24(31)21(29-25(30)34)10-15-6-7-22(32-2)16(9-15)13-33-23-19(27)11-17(26)12-20(23)28/h3-12H,13H2,1-2H3,(H,29,34)/b21-10+. The highest BCUT2D eigenvalue weighted by Gasteiger charge is 2.32. The Morgan fingerprint density at radius 1 is 1.06 bits per heavy atom. The molecule has 1 aliphatic heterocycles. The lowest BCUT2D eigenvalue weighted by Gasteiger charge is -2.14. The molecule has 1 heterocycles. The van der Waals surface area contributed by atoms with Gasteiger partial charge in [0.05, 0.1) is 22.8 Å². The van der Waals surface area contributed by atoms with Crippen molar-refractivity contribution in [3.63, 3.8) is 0 Å². The minimum Gasteiger partial charge on any atom is -0.496 e. The number of hydrogen-bond acceptors (Lipinski definition) is 4. The van der Waals surface area contributed by atoms with Crippen LogP contribution in [0.4, 0.5) is 5.69 Å². The summed E-state index contributed by atoms with van der Waals surface area (Å²) in [6.07, 6.45) is 1.73. The molecule has 0 atom stereocenters. The predicted molar refractivity (Wildman–Crippen MR) is 141 cm³/mol. The molecule has 0 unspecified atom stereocenters. The highest BCUT2D eigenvalue weighted by atomic mass is 35.5. The summed E-state index contributed by atoms with van der Waals surface area (Å²) in [5.41, 5.74) is 3.62. The lowest BCUT2D eigenvalue weighted by molar-refractivity contribution is -0.113. The van der Waals surface area contributed by atoms with Crippen molar-refractivity contribution in [2.24, 2.45) is 0 Å². The van der Waals surface area contributed by atoms with Crippen LogP contribution in [0.1, 0.15) is 16.7 Å². The first-order valence-electron chi connectivity index (χ1n) is 10.1. The molecule has 0 aromatic heterocycles. The van der Waals surface area contributed by atoms with Gasteiger partial charge in [-0.05, 0) is 72.7 Å². The number of halogens is 3. The zero-order chi connectivity index (χ0) is 24.4. The monoisotopic (exact) mass is 532 g/mol. The fraction of sp³-hybridized carbons (Fsp3) is 0.120. The van der Waals surface area contributed by atoms with Gasteiger partial charge in [-0.15, -0.1) is 0 Å². The smallest absolute Gasteiger partial charge is 0.281 e. The molecule has 1 saturated heterocycles. The second-order valence-corrected chi connectivity index (χ2v) is 9.16. The zero-order valence-electron chi connectivity index (χ0n) is 18.2. The van der Waals surface area contributed by atoms with Gasteiger partial charge in [-0.1, -0.05) is 53.0 Å². The molecule has 174 valence electrons. The normalized spacial score (nSPS) is 14.5. The topological polar surface area (TPSA) is 50.8 Å². The maximum absolute atomic E-state index is 13.1. The average molecular weight is 534 g/mol. The van der Waals surface area contributed by atoms with Gasteiger partial charge in [-0.2, -0.15) is 0 Å². The van der Waals surface area contributed by atoms with Gasteiger partial charge in [0.25, 0.3) is 5.91 Å². The van der Waals surface area contributed by atoms with Crippen LogP contribution in [0.15, 0.2) is 60.3 Å². The van der Waals surface area contributed by atoms with E-state index in [1.54, 1.807) is 31.4 Å². The average Bonchev–Trinajstić information content (AvgIpc) is 3.06. The number of benzene rings is 3.